The third-order valence-electron chi connectivity index (χ3n) is 7.27. The average molecular weight is 508 g/mol. The second-order valence-corrected chi connectivity index (χ2v) is 9.64. The van der Waals surface area contributed by atoms with Crippen molar-refractivity contribution in [1.29, 1.82) is 0 Å². The van der Waals surface area contributed by atoms with Gasteiger partial charge in [-0.2, -0.15) is 0 Å². The molecule has 188 valence electrons. The molecule has 39 heavy (non-hydrogen) atoms. The SMILES string of the molecule is NC(=O)c1ccc(-n2c3ccccc3c3c(-c4cnc5ccccc5c4)cccc32)cc1NCc1cc[nH]c1. The Morgan fingerprint density at radius 3 is 2.62 bits per heavy atom. The molecule has 4 aromatic carbocycles. The van der Waals surface area contributed by atoms with E-state index < -0.39 is 5.91 Å². The number of primary amides is 1. The molecule has 0 aliphatic heterocycles. The lowest BCUT2D eigenvalue weighted by Gasteiger charge is -2.14. The van der Waals surface area contributed by atoms with Gasteiger partial charge in [0.05, 0.1) is 22.1 Å². The number of nitrogens with one attached hydrogen (secondary N) is 2. The summed E-state index contributed by atoms with van der Waals surface area (Å²) in [4.78, 5) is 20.1. The summed E-state index contributed by atoms with van der Waals surface area (Å²) in [6.45, 7) is 0.569. The van der Waals surface area contributed by atoms with Gasteiger partial charge >= 0.3 is 0 Å². The fourth-order valence-electron chi connectivity index (χ4n) is 5.45. The maximum atomic E-state index is 12.3. The van der Waals surface area contributed by atoms with E-state index in [-0.39, 0.29) is 0 Å². The van der Waals surface area contributed by atoms with Crippen LogP contribution in [-0.4, -0.2) is 20.4 Å². The highest BCUT2D eigenvalue weighted by Gasteiger charge is 2.18. The molecule has 1 amide bonds. The molecule has 3 heterocycles. The number of aromatic nitrogens is 3. The smallest absolute Gasteiger partial charge is 0.250 e. The molecule has 3 aromatic heterocycles. The number of aromatic amines is 1. The van der Waals surface area contributed by atoms with Crippen molar-refractivity contribution in [2.24, 2.45) is 5.73 Å². The molecule has 0 saturated heterocycles. The van der Waals surface area contributed by atoms with Crippen LogP contribution >= 0.6 is 0 Å². The number of anilines is 1. The van der Waals surface area contributed by atoms with Crippen molar-refractivity contribution in [2.45, 2.75) is 6.54 Å². The second-order valence-electron chi connectivity index (χ2n) is 9.64. The molecule has 0 atom stereocenters. The highest BCUT2D eigenvalue weighted by Crippen LogP contribution is 2.39. The number of benzene rings is 4. The first-order chi connectivity index (χ1) is 19.2. The zero-order valence-electron chi connectivity index (χ0n) is 21.1. The molecule has 6 nitrogen and oxygen atoms in total. The van der Waals surface area contributed by atoms with Crippen molar-refractivity contribution in [2.75, 3.05) is 5.32 Å². The third kappa shape index (κ3) is 3.90. The molecule has 0 radical (unpaired) electrons. The van der Waals surface area contributed by atoms with E-state index in [0.717, 1.165) is 55.1 Å². The summed E-state index contributed by atoms with van der Waals surface area (Å²) in [6.07, 6.45) is 5.76. The minimum atomic E-state index is -0.466. The Balaban J connectivity index is 1.43. The van der Waals surface area contributed by atoms with Crippen molar-refractivity contribution in [3.63, 3.8) is 0 Å². The predicted octanol–water partition coefficient (Wildman–Crippen LogP) is 7.04. The molecule has 6 heteroatoms. The first-order valence-corrected chi connectivity index (χ1v) is 12.8. The molecule has 0 unspecified atom stereocenters. The van der Waals surface area contributed by atoms with Crippen LogP contribution in [0.15, 0.2) is 116 Å². The van der Waals surface area contributed by atoms with E-state index in [1.54, 1.807) is 6.07 Å². The number of hydrogen-bond acceptors (Lipinski definition) is 3. The minimum Gasteiger partial charge on any atom is -0.380 e. The van der Waals surface area contributed by atoms with E-state index in [1.807, 2.05) is 55.0 Å². The fourth-order valence-corrected chi connectivity index (χ4v) is 5.45. The topological polar surface area (TPSA) is 88.7 Å². The summed E-state index contributed by atoms with van der Waals surface area (Å²) < 4.78 is 2.24. The van der Waals surface area contributed by atoms with Crippen molar-refractivity contribution >= 4 is 44.3 Å². The number of H-pyrrole nitrogens is 1. The lowest BCUT2D eigenvalue weighted by Crippen LogP contribution is -2.15. The molecular formula is C33H25N5O. The zero-order chi connectivity index (χ0) is 26.3. The third-order valence-corrected chi connectivity index (χ3v) is 7.27. The van der Waals surface area contributed by atoms with Crippen LogP contribution in [-0.2, 0) is 6.54 Å². The summed E-state index contributed by atoms with van der Waals surface area (Å²) in [5, 5.41) is 6.82. The number of para-hydroxylation sites is 2. The predicted molar refractivity (Wildman–Crippen MR) is 158 cm³/mol. The van der Waals surface area contributed by atoms with Gasteiger partial charge in [-0.05, 0) is 59.7 Å². The number of rotatable bonds is 6. The van der Waals surface area contributed by atoms with Gasteiger partial charge in [-0.1, -0.05) is 48.5 Å². The van der Waals surface area contributed by atoms with Crippen LogP contribution in [0.25, 0.3) is 49.5 Å². The molecule has 0 spiro atoms. The average Bonchev–Trinajstić information content (AvgIpc) is 3.62. The van der Waals surface area contributed by atoms with Crippen LogP contribution in [0.2, 0.25) is 0 Å². The Hall–Kier alpha value is -5.36. The van der Waals surface area contributed by atoms with E-state index >= 15 is 0 Å². The summed E-state index contributed by atoms with van der Waals surface area (Å²) in [6, 6.07) is 32.9. The molecule has 7 rings (SSSR count). The van der Waals surface area contributed by atoms with Crippen molar-refractivity contribution in [3.05, 3.63) is 127 Å². The van der Waals surface area contributed by atoms with Gasteiger partial charge in [-0.3, -0.25) is 9.78 Å². The van der Waals surface area contributed by atoms with Gasteiger partial charge in [0.15, 0.2) is 0 Å². The molecule has 0 saturated carbocycles. The number of fused-ring (bicyclic) bond motifs is 4. The van der Waals surface area contributed by atoms with Gasteiger partial charge in [0.1, 0.15) is 0 Å². The lowest BCUT2D eigenvalue weighted by molar-refractivity contribution is 0.100. The number of nitrogens with two attached hydrogens (primary N) is 1. The van der Waals surface area contributed by atoms with Gasteiger partial charge in [-0.15, -0.1) is 0 Å². The van der Waals surface area contributed by atoms with Crippen molar-refractivity contribution in [3.8, 4) is 16.8 Å². The van der Waals surface area contributed by atoms with Crippen LogP contribution in [0.3, 0.4) is 0 Å². The molecular weight excluding hydrogens is 482 g/mol. The Bertz CT molecular complexity index is 2000. The molecule has 4 N–H and O–H groups in total. The van der Waals surface area contributed by atoms with E-state index in [1.165, 1.54) is 0 Å². The first-order valence-electron chi connectivity index (χ1n) is 12.8. The number of hydrogen-bond donors (Lipinski definition) is 3. The lowest BCUT2D eigenvalue weighted by atomic mass is 9.99. The summed E-state index contributed by atoms with van der Waals surface area (Å²) in [5.41, 5.74) is 14.2. The highest BCUT2D eigenvalue weighted by molar-refractivity contribution is 6.16. The van der Waals surface area contributed by atoms with E-state index in [4.69, 9.17) is 10.7 Å². The second kappa shape index (κ2) is 9.19. The maximum absolute atomic E-state index is 12.3. The van der Waals surface area contributed by atoms with E-state index in [9.17, 15) is 4.79 Å². The molecule has 0 aliphatic carbocycles. The normalized spacial score (nSPS) is 11.4. The quantitative estimate of drug-likeness (QED) is 0.226. The largest absolute Gasteiger partial charge is 0.380 e. The van der Waals surface area contributed by atoms with Crippen LogP contribution in [0, 0.1) is 0 Å². The number of amides is 1. The number of carbonyl (C=O) groups excluding carboxylic acids is 1. The summed E-state index contributed by atoms with van der Waals surface area (Å²) >= 11 is 0. The van der Waals surface area contributed by atoms with E-state index in [2.05, 4.69) is 69.5 Å². The van der Waals surface area contributed by atoms with Crippen LogP contribution < -0.4 is 11.1 Å². The van der Waals surface area contributed by atoms with Crippen LogP contribution in [0.1, 0.15) is 15.9 Å². The summed E-state index contributed by atoms with van der Waals surface area (Å²) in [5.74, 6) is -0.466. The minimum absolute atomic E-state index is 0.456. The molecule has 0 aliphatic rings. The Morgan fingerprint density at radius 1 is 0.897 bits per heavy atom. The number of carbonyl (C=O) groups is 1. The Labute approximate surface area is 224 Å². The molecule has 7 aromatic rings. The maximum Gasteiger partial charge on any atom is 0.250 e. The standard InChI is InChI=1S/C33H25N5O/c34-33(39)26-13-12-24(17-29(26)36-19-21-14-15-35-18-21)38-30-10-4-2-7-27(30)32-25(8-5-11-31(32)38)23-16-22-6-1-3-9-28(22)37-20-23/h1-18,20,35-36H,19H2,(H2,34,39). The number of pyridine rings is 1. The first kappa shape index (κ1) is 22.8. The van der Waals surface area contributed by atoms with Crippen molar-refractivity contribution in [1.82, 2.24) is 14.5 Å². The molecule has 0 fully saturated rings. The fraction of sp³-hybridized carbons (Fsp3) is 0.0303. The van der Waals surface area contributed by atoms with Gasteiger partial charge in [0, 0.05) is 58.2 Å². The van der Waals surface area contributed by atoms with Crippen LogP contribution in [0.4, 0.5) is 5.69 Å². The van der Waals surface area contributed by atoms with Crippen molar-refractivity contribution < 1.29 is 4.79 Å². The zero-order valence-corrected chi connectivity index (χ0v) is 21.1. The monoisotopic (exact) mass is 507 g/mol. The Morgan fingerprint density at radius 2 is 1.74 bits per heavy atom. The summed E-state index contributed by atoms with van der Waals surface area (Å²) in [7, 11) is 0. The van der Waals surface area contributed by atoms with Gasteiger partial charge < -0.3 is 20.6 Å². The highest BCUT2D eigenvalue weighted by atomic mass is 16.1. The van der Waals surface area contributed by atoms with E-state index in [0.29, 0.717) is 17.8 Å². The van der Waals surface area contributed by atoms with Gasteiger partial charge in [0.25, 0.3) is 5.91 Å². The Kier molecular flexibility index (Phi) is 5.37. The number of nitrogens with zero attached hydrogens (tertiary/aromatic N) is 2. The van der Waals surface area contributed by atoms with Gasteiger partial charge in [-0.25, -0.2) is 0 Å². The van der Waals surface area contributed by atoms with Crippen LogP contribution in [0.5, 0.6) is 0 Å². The molecule has 0 bridgehead atoms. The van der Waals surface area contributed by atoms with Gasteiger partial charge in [0.2, 0.25) is 0 Å².